The highest BCUT2D eigenvalue weighted by molar-refractivity contribution is 7.09. The third-order valence-corrected chi connectivity index (χ3v) is 8.38. The van der Waals surface area contributed by atoms with E-state index in [4.69, 9.17) is 4.74 Å². The Morgan fingerprint density at radius 3 is 2.10 bits per heavy atom. The number of halogens is 4. The summed E-state index contributed by atoms with van der Waals surface area (Å²) in [5, 5.41) is 2.87. The van der Waals surface area contributed by atoms with E-state index in [9.17, 15) is 17.6 Å². The lowest BCUT2D eigenvalue weighted by Gasteiger charge is -2.39. The molecule has 0 saturated carbocycles. The summed E-state index contributed by atoms with van der Waals surface area (Å²) in [7, 11) is 1.90. The number of aryl methyl sites for hydroxylation is 1. The van der Waals surface area contributed by atoms with Crippen LogP contribution in [0.1, 0.15) is 55.3 Å². The Hall–Kier alpha value is -3.73. The van der Waals surface area contributed by atoms with Gasteiger partial charge in [0.1, 0.15) is 17.7 Å². The van der Waals surface area contributed by atoms with Crippen molar-refractivity contribution in [3.8, 4) is 17.4 Å². The van der Waals surface area contributed by atoms with E-state index >= 15 is 0 Å². The summed E-state index contributed by atoms with van der Waals surface area (Å²) in [6.07, 6.45) is 7.72. The first-order valence-corrected chi connectivity index (χ1v) is 13.8. The molecule has 0 saturated heterocycles. The van der Waals surface area contributed by atoms with E-state index in [2.05, 4.69) is 33.3 Å². The van der Waals surface area contributed by atoms with E-state index < -0.39 is 35.7 Å². The van der Waals surface area contributed by atoms with Crippen LogP contribution in [0.2, 0.25) is 0 Å². The molecule has 0 radical (unpaired) electrons. The van der Waals surface area contributed by atoms with Gasteiger partial charge < -0.3 is 14.2 Å². The fourth-order valence-electron chi connectivity index (χ4n) is 4.29. The Morgan fingerprint density at radius 2 is 1.51 bits per heavy atom. The summed E-state index contributed by atoms with van der Waals surface area (Å²) in [6.45, 7) is 1.69. The minimum Gasteiger partial charge on any atom is -0.471 e. The van der Waals surface area contributed by atoms with Crippen LogP contribution in [0.15, 0.2) is 72.6 Å². The van der Waals surface area contributed by atoms with Crippen LogP contribution in [0.5, 0.6) is 17.4 Å². The van der Waals surface area contributed by atoms with E-state index in [1.165, 1.54) is 12.1 Å². The largest absolute Gasteiger partial charge is 0.471 e. The molecular weight excluding hydrogens is 558 g/mol. The van der Waals surface area contributed by atoms with Crippen LogP contribution in [0.25, 0.3) is 0 Å². The van der Waals surface area contributed by atoms with Gasteiger partial charge in [-0.25, -0.2) is 14.5 Å². The Kier molecular flexibility index (Phi) is 9.16. The van der Waals surface area contributed by atoms with Crippen molar-refractivity contribution in [2.45, 2.75) is 64.3 Å². The van der Waals surface area contributed by atoms with Crippen molar-refractivity contribution in [2.24, 2.45) is 7.05 Å². The zero-order valence-corrected chi connectivity index (χ0v) is 24.2. The maximum absolute atomic E-state index is 13.1. The van der Waals surface area contributed by atoms with Crippen LogP contribution < -0.4 is 18.8 Å². The molecule has 0 aliphatic rings. The van der Waals surface area contributed by atoms with Crippen molar-refractivity contribution < 1.29 is 36.3 Å². The molecule has 0 bridgehead atoms. The number of ether oxygens (including phenoxy) is 3. The van der Waals surface area contributed by atoms with Gasteiger partial charge in [0, 0.05) is 41.9 Å². The first-order chi connectivity index (χ1) is 19.4. The number of nitrogens with zero attached hydrogens (tertiary/aromatic N) is 3. The maximum atomic E-state index is 13.1. The van der Waals surface area contributed by atoms with Crippen molar-refractivity contribution in [3.05, 3.63) is 94.3 Å². The molecule has 0 fully saturated rings. The zero-order chi connectivity index (χ0) is 29.8. The number of aromatic nitrogens is 3. The summed E-state index contributed by atoms with van der Waals surface area (Å²) in [5.41, 5.74) is 1.25. The lowest BCUT2D eigenvalue weighted by Crippen LogP contribution is -2.47. The number of hydrogen-bond donors (Lipinski definition) is 0. The molecule has 1 atom stereocenters. The normalized spacial score (nSPS) is 13.0. The van der Waals surface area contributed by atoms with Gasteiger partial charge in [0.25, 0.3) is 0 Å². The first kappa shape index (κ1) is 30.2. The lowest BCUT2D eigenvalue weighted by molar-refractivity contribution is -0.671. The Morgan fingerprint density at radius 1 is 0.854 bits per heavy atom. The van der Waals surface area contributed by atoms with Gasteiger partial charge in [0.2, 0.25) is 5.88 Å². The molecule has 4 rings (SSSR count). The summed E-state index contributed by atoms with van der Waals surface area (Å²) in [4.78, 5) is 9.04. The van der Waals surface area contributed by atoms with Gasteiger partial charge in [-0.2, -0.15) is 17.6 Å². The van der Waals surface area contributed by atoms with Gasteiger partial charge in [0.05, 0.1) is 5.41 Å². The molecule has 3 heterocycles. The third kappa shape index (κ3) is 7.32. The highest BCUT2D eigenvalue weighted by Gasteiger charge is 2.43. The molecular formula is C30H32F4N3O3S+. The summed E-state index contributed by atoms with van der Waals surface area (Å²) in [5.74, 6) is -0.899. The van der Waals surface area contributed by atoms with Crippen molar-refractivity contribution in [3.63, 3.8) is 0 Å². The number of hydrogen-bond acceptors (Lipinski definition) is 6. The summed E-state index contributed by atoms with van der Waals surface area (Å²) < 4.78 is 69.3. The number of pyridine rings is 2. The van der Waals surface area contributed by atoms with Gasteiger partial charge in [0.15, 0.2) is 23.9 Å². The van der Waals surface area contributed by atoms with Gasteiger partial charge in [-0.1, -0.05) is 12.1 Å². The standard InChI is InChI=1S/C30H32F4N3O3S/c1-29(2,26-35-12-15-41-26)30(3,4)40-25-9-7-21(18-36-25)22(16-19-10-13-37(5)14-11-19)20-6-8-23(38-27(31)32)24(17-20)39-28(33)34/h6-15,17-18,22,27-28H,16H2,1-5H3/q+1. The van der Waals surface area contributed by atoms with Gasteiger partial charge in [-0.15, -0.1) is 11.3 Å². The second-order valence-corrected chi connectivity index (χ2v) is 11.5. The lowest BCUT2D eigenvalue weighted by atomic mass is 9.77. The van der Waals surface area contributed by atoms with Crippen LogP contribution in [0, 0.1) is 0 Å². The topological polar surface area (TPSA) is 57.4 Å². The van der Waals surface area contributed by atoms with E-state index in [1.807, 2.05) is 61.4 Å². The molecule has 0 aliphatic heterocycles. The number of thiazole rings is 1. The molecule has 1 unspecified atom stereocenters. The van der Waals surface area contributed by atoms with Crippen molar-refractivity contribution in [1.29, 1.82) is 0 Å². The van der Waals surface area contributed by atoms with Gasteiger partial charge in [-0.3, -0.25) is 0 Å². The highest BCUT2D eigenvalue weighted by atomic mass is 32.1. The quantitative estimate of drug-likeness (QED) is 0.130. The molecule has 0 N–H and O–H groups in total. The SMILES string of the molecule is C[n+]1ccc(CC(c2ccc(OC(C)(C)C(C)(C)c3nccs3)nc2)c2ccc(OC(F)F)c(OC(F)F)c2)cc1. The fourth-order valence-corrected chi connectivity index (χ4v) is 5.20. The minimum absolute atomic E-state index is 0.371. The summed E-state index contributed by atoms with van der Waals surface area (Å²) >= 11 is 1.56. The predicted molar refractivity (Wildman–Crippen MR) is 147 cm³/mol. The Labute approximate surface area is 240 Å². The molecule has 3 aromatic heterocycles. The van der Waals surface area contributed by atoms with Crippen molar-refractivity contribution in [1.82, 2.24) is 9.97 Å². The van der Waals surface area contributed by atoms with Crippen LogP contribution >= 0.6 is 11.3 Å². The average Bonchev–Trinajstić information content (AvgIpc) is 3.45. The second-order valence-electron chi connectivity index (χ2n) is 10.6. The molecule has 41 heavy (non-hydrogen) atoms. The minimum atomic E-state index is -3.21. The highest BCUT2D eigenvalue weighted by Crippen LogP contribution is 2.40. The van der Waals surface area contributed by atoms with Crippen molar-refractivity contribution >= 4 is 11.3 Å². The molecule has 1 aromatic carbocycles. The van der Waals surface area contributed by atoms with E-state index in [1.54, 1.807) is 35.9 Å². The molecule has 0 amide bonds. The van der Waals surface area contributed by atoms with Crippen molar-refractivity contribution in [2.75, 3.05) is 0 Å². The molecule has 218 valence electrons. The van der Waals surface area contributed by atoms with Crippen LogP contribution in [0.4, 0.5) is 17.6 Å². The second kappa shape index (κ2) is 12.4. The predicted octanol–water partition coefficient (Wildman–Crippen LogP) is 7.08. The van der Waals surface area contributed by atoms with E-state index in [-0.39, 0.29) is 5.92 Å². The van der Waals surface area contributed by atoms with E-state index in [0.717, 1.165) is 16.1 Å². The fraction of sp³-hybridized carbons (Fsp3) is 0.367. The third-order valence-electron chi connectivity index (χ3n) is 7.28. The zero-order valence-electron chi connectivity index (χ0n) is 23.4. The smallest absolute Gasteiger partial charge is 0.387 e. The molecule has 11 heteroatoms. The first-order valence-electron chi connectivity index (χ1n) is 12.9. The van der Waals surface area contributed by atoms with Crippen LogP contribution in [-0.4, -0.2) is 28.8 Å². The van der Waals surface area contributed by atoms with Crippen LogP contribution in [-0.2, 0) is 18.9 Å². The number of rotatable bonds is 12. The number of benzene rings is 1. The Bertz CT molecular complexity index is 1410. The number of alkyl halides is 4. The van der Waals surface area contributed by atoms with Gasteiger partial charge in [-0.05, 0) is 62.9 Å². The van der Waals surface area contributed by atoms with Crippen LogP contribution in [0.3, 0.4) is 0 Å². The summed E-state index contributed by atoms with van der Waals surface area (Å²) in [6, 6.07) is 11.6. The van der Waals surface area contributed by atoms with Gasteiger partial charge >= 0.3 is 13.2 Å². The maximum Gasteiger partial charge on any atom is 0.387 e. The molecule has 0 spiro atoms. The average molecular weight is 591 g/mol. The monoisotopic (exact) mass is 590 g/mol. The molecule has 4 aromatic rings. The molecule has 0 aliphatic carbocycles. The Balaban J connectivity index is 1.67. The van der Waals surface area contributed by atoms with E-state index in [0.29, 0.717) is 17.9 Å². The molecule has 6 nitrogen and oxygen atoms in total.